The number of aryl methyl sites for hydroxylation is 1. The average molecular weight is 327 g/mol. The summed E-state index contributed by atoms with van der Waals surface area (Å²) in [5, 5.41) is 8.91. The smallest absolute Gasteiger partial charge is 0.317 e. The zero-order chi connectivity index (χ0) is 17.1. The number of carboxylic acids is 1. The third kappa shape index (κ3) is 3.51. The van der Waals surface area contributed by atoms with E-state index in [1.165, 1.54) is 0 Å². The summed E-state index contributed by atoms with van der Waals surface area (Å²) in [7, 11) is 0. The molecule has 1 aliphatic rings. The SMILES string of the molecule is Cc1nc(-c2cccnc2)nc(N2CCN(CC(=O)O)CC2)c1C. The number of carbonyl (C=O) groups is 1. The number of nitrogens with zero attached hydrogens (tertiary/aromatic N) is 5. The summed E-state index contributed by atoms with van der Waals surface area (Å²) in [6, 6.07) is 3.82. The second kappa shape index (κ2) is 6.92. The van der Waals surface area contributed by atoms with Crippen molar-refractivity contribution < 1.29 is 9.90 Å². The van der Waals surface area contributed by atoms with Crippen LogP contribution in [0.4, 0.5) is 5.82 Å². The fourth-order valence-corrected chi connectivity index (χ4v) is 2.85. The number of hydrogen-bond acceptors (Lipinski definition) is 6. The Morgan fingerprint density at radius 3 is 2.58 bits per heavy atom. The molecule has 7 nitrogen and oxygen atoms in total. The van der Waals surface area contributed by atoms with Gasteiger partial charge in [-0.2, -0.15) is 0 Å². The Morgan fingerprint density at radius 2 is 1.96 bits per heavy atom. The van der Waals surface area contributed by atoms with E-state index in [1.54, 1.807) is 12.4 Å². The molecule has 0 unspecified atom stereocenters. The normalized spacial score (nSPS) is 15.5. The van der Waals surface area contributed by atoms with Crippen molar-refractivity contribution in [2.75, 3.05) is 37.6 Å². The van der Waals surface area contributed by atoms with Gasteiger partial charge in [0.15, 0.2) is 5.82 Å². The highest BCUT2D eigenvalue weighted by atomic mass is 16.4. The van der Waals surface area contributed by atoms with Crippen LogP contribution in [-0.4, -0.2) is 63.7 Å². The van der Waals surface area contributed by atoms with Crippen LogP contribution in [0.1, 0.15) is 11.3 Å². The van der Waals surface area contributed by atoms with Gasteiger partial charge in [-0.3, -0.25) is 14.7 Å². The second-order valence-electron chi connectivity index (χ2n) is 5.98. The van der Waals surface area contributed by atoms with Gasteiger partial charge in [-0.05, 0) is 26.0 Å². The van der Waals surface area contributed by atoms with E-state index < -0.39 is 5.97 Å². The first-order chi connectivity index (χ1) is 11.5. The molecule has 2 aromatic rings. The number of pyridine rings is 1. The number of piperazine rings is 1. The van der Waals surface area contributed by atoms with Crippen LogP contribution in [0.15, 0.2) is 24.5 Å². The molecule has 3 rings (SSSR count). The predicted octanol–water partition coefficient (Wildman–Crippen LogP) is 1.36. The van der Waals surface area contributed by atoms with Crippen molar-refractivity contribution in [3.8, 4) is 11.4 Å². The maximum Gasteiger partial charge on any atom is 0.317 e. The highest BCUT2D eigenvalue weighted by molar-refractivity contribution is 5.69. The van der Waals surface area contributed by atoms with Gasteiger partial charge in [0.25, 0.3) is 0 Å². The van der Waals surface area contributed by atoms with Crippen molar-refractivity contribution in [1.29, 1.82) is 0 Å². The topological polar surface area (TPSA) is 82.5 Å². The van der Waals surface area contributed by atoms with Crippen LogP contribution in [-0.2, 0) is 4.79 Å². The summed E-state index contributed by atoms with van der Waals surface area (Å²) in [4.78, 5) is 28.5. The summed E-state index contributed by atoms with van der Waals surface area (Å²) >= 11 is 0. The Hall–Kier alpha value is -2.54. The number of rotatable bonds is 4. The molecule has 1 fully saturated rings. The summed E-state index contributed by atoms with van der Waals surface area (Å²) in [5.74, 6) is 0.821. The summed E-state index contributed by atoms with van der Waals surface area (Å²) in [6.07, 6.45) is 3.49. The fraction of sp³-hybridized carbons (Fsp3) is 0.412. The van der Waals surface area contributed by atoms with Crippen LogP contribution in [0.3, 0.4) is 0 Å². The monoisotopic (exact) mass is 327 g/mol. The Labute approximate surface area is 141 Å². The van der Waals surface area contributed by atoms with E-state index in [1.807, 2.05) is 30.9 Å². The molecule has 0 amide bonds. The van der Waals surface area contributed by atoms with Gasteiger partial charge in [0.1, 0.15) is 5.82 Å². The lowest BCUT2D eigenvalue weighted by molar-refractivity contribution is -0.138. The quantitative estimate of drug-likeness (QED) is 0.908. The Balaban J connectivity index is 1.83. The van der Waals surface area contributed by atoms with E-state index in [9.17, 15) is 4.79 Å². The molecule has 0 saturated carbocycles. The van der Waals surface area contributed by atoms with Crippen LogP contribution in [0.2, 0.25) is 0 Å². The molecule has 0 spiro atoms. The molecule has 3 heterocycles. The summed E-state index contributed by atoms with van der Waals surface area (Å²) in [6.45, 7) is 7.07. The van der Waals surface area contributed by atoms with Crippen LogP contribution < -0.4 is 4.90 Å². The van der Waals surface area contributed by atoms with Crippen molar-refractivity contribution in [2.45, 2.75) is 13.8 Å². The maximum absolute atomic E-state index is 10.8. The van der Waals surface area contributed by atoms with Crippen molar-refractivity contribution in [1.82, 2.24) is 19.9 Å². The Bertz CT molecular complexity index is 727. The van der Waals surface area contributed by atoms with E-state index in [-0.39, 0.29) is 6.54 Å². The number of anilines is 1. The lowest BCUT2D eigenvalue weighted by Gasteiger charge is -2.35. The molecule has 126 valence electrons. The van der Waals surface area contributed by atoms with Crippen molar-refractivity contribution in [3.05, 3.63) is 35.8 Å². The van der Waals surface area contributed by atoms with Crippen LogP contribution >= 0.6 is 0 Å². The van der Waals surface area contributed by atoms with Crippen molar-refractivity contribution in [2.24, 2.45) is 0 Å². The van der Waals surface area contributed by atoms with E-state index in [0.717, 1.165) is 48.8 Å². The summed E-state index contributed by atoms with van der Waals surface area (Å²) in [5.41, 5.74) is 2.91. The molecular weight excluding hydrogens is 306 g/mol. The lowest BCUT2D eigenvalue weighted by Crippen LogP contribution is -2.48. The molecule has 0 aromatic carbocycles. The number of hydrogen-bond donors (Lipinski definition) is 1. The number of carboxylic acid groups (broad SMARTS) is 1. The van der Waals surface area contributed by atoms with Crippen LogP contribution in [0.25, 0.3) is 11.4 Å². The predicted molar refractivity (Wildman–Crippen MR) is 91.0 cm³/mol. The largest absolute Gasteiger partial charge is 0.480 e. The van der Waals surface area contributed by atoms with Gasteiger partial charge in [-0.25, -0.2) is 9.97 Å². The number of aliphatic carboxylic acids is 1. The first-order valence-electron chi connectivity index (χ1n) is 7.99. The molecule has 0 bridgehead atoms. The van der Waals surface area contributed by atoms with Gasteiger partial charge < -0.3 is 10.0 Å². The Morgan fingerprint density at radius 1 is 1.21 bits per heavy atom. The third-order valence-corrected chi connectivity index (χ3v) is 4.31. The molecule has 1 saturated heterocycles. The van der Waals surface area contributed by atoms with E-state index in [4.69, 9.17) is 10.1 Å². The Kier molecular flexibility index (Phi) is 4.71. The van der Waals surface area contributed by atoms with Crippen LogP contribution in [0.5, 0.6) is 0 Å². The minimum absolute atomic E-state index is 0.0938. The zero-order valence-corrected chi connectivity index (χ0v) is 13.9. The lowest BCUT2D eigenvalue weighted by atomic mass is 10.2. The third-order valence-electron chi connectivity index (χ3n) is 4.31. The van der Waals surface area contributed by atoms with Gasteiger partial charge in [-0.15, -0.1) is 0 Å². The molecule has 1 N–H and O–H groups in total. The first-order valence-corrected chi connectivity index (χ1v) is 7.99. The fourth-order valence-electron chi connectivity index (χ4n) is 2.85. The van der Waals surface area contributed by atoms with E-state index in [2.05, 4.69) is 14.9 Å². The molecule has 0 atom stereocenters. The van der Waals surface area contributed by atoms with E-state index in [0.29, 0.717) is 5.82 Å². The molecule has 2 aromatic heterocycles. The molecule has 7 heteroatoms. The second-order valence-corrected chi connectivity index (χ2v) is 5.98. The van der Waals surface area contributed by atoms with Crippen molar-refractivity contribution >= 4 is 11.8 Å². The molecule has 24 heavy (non-hydrogen) atoms. The standard InChI is InChI=1S/C17H21N5O2/c1-12-13(2)19-16(14-4-3-5-18-10-14)20-17(12)22-8-6-21(7-9-22)11-15(23)24/h3-5,10H,6-9,11H2,1-2H3,(H,23,24). The van der Waals surface area contributed by atoms with Crippen LogP contribution in [0, 0.1) is 13.8 Å². The van der Waals surface area contributed by atoms with Gasteiger partial charge in [0.05, 0.1) is 6.54 Å². The minimum atomic E-state index is -0.781. The zero-order valence-electron chi connectivity index (χ0n) is 13.9. The molecular formula is C17H21N5O2. The average Bonchev–Trinajstić information content (AvgIpc) is 2.58. The molecule has 1 aliphatic heterocycles. The summed E-state index contributed by atoms with van der Waals surface area (Å²) < 4.78 is 0. The van der Waals surface area contributed by atoms with Gasteiger partial charge in [-0.1, -0.05) is 0 Å². The number of aromatic nitrogens is 3. The first kappa shape index (κ1) is 16.3. The van der Waals surface area contributed by atoms with Gasteiger partial charge in [0, 0.05) is 55.4 Å². The van der Waals surface area contributed by atoms with Gasteiger partial charge in [0.2, 0.25) is 0 Å². The maximum atomic E-state index is 10.8. The molecule has 0 aliphatic carbocycles. The highest BCUT2D eigenvalue weighted by Gasteiger charge is 2.22. The molecule has 0 radical (unpaired) electrons. The minimum Gasteiger partial charge on any atom is -0.480 e. The highest BCUT2D eigenvalue weighted by Crippen LogP contribution is 2.24. The van der Waals surface area contributed by atoms with E-state index >= 15 is 0 Å². The van der Waals surface area contributed by atoms with Gasteiger partial charge >= 0.3 is 5.97 Å². The van der Waals surface area contributed by atoms with Crippen molar-refractivity contribution in [3.63, 3.8) is 0 Å².